The molecular weight excluding hydrogens is 436 g/mol. The summed E-state index contributed by atoms with van der Waals surface area (Å²) in [7, 11) is 0. The Balaban J connectivity index is 1.42. The van der Waals surface area contributed by atoms with Crippen LogP contribution in [0.15, 0.2) is 61.2 Å². The Morgan fingerprint density at radius 2 is 1.85 bits per heavy atom. The monoisotopic (exact) mass is 462 g/mol. The molecule has 1 aromatic heterocycles. The number of nitrogens with zero attached hydrogens (tertiary/aromatic N) is 5. The van der Waals surface area contributed by atoms with Gasteiger partial charge >= 0.3 is 0 Å². The Labute approximate surface area is 197 Å². The van der Waals surface area contributed by atoms with Crippen molar-refractivity contribution in [3.8, 4) is 0 Å². The number of benzene rings is 2. The second kappa shape index (κ2) is 10.2. The third-order valence-electron chi connectivity index (χ3n) is 5.87. The van der Waals surface area contributed by atoms with E-state index in [2.05, 4.69) is 10.3 Å². The first-order valence-electron chi connectivity index (χ1n) is 11.0. The van der Waals surface area contributed by atoms with Crippen molar-refractivity contribution < 1.29 is 14.5 Å². The summed E-state index contributed by atoms with van der Waals surface area (Å²) in [6.45, 7) is 4.52. The van der Waals surface area contributed by atoms with Gasteiger partial charge in [-0.05, 0) is 23.3 Å². The average molecular weight is 463 g/mol. The number of piperazine rings is 1. The zero-order chi connectivity index (χ0) is 24.1. The minimum absolute atomic E-state index is 0.00608. The molecule has 4 rings (SSSR count). The second-order valence-corrected chi connectivity index (χ2v) is 8.19. The van der Waals surface area contributed by atoms with Crippen molar-refractivity contribution in [2.45, 2.75) is 20.0 Å². The van der Waals surface area contributed by atoms with Crippen molar-refractivity contribution in [3.63, 3.8) is 0 Å². The molecule has 0 spiro atoms. The molecule has 1 fully saturated rings. The third-order valence-corrected chi connectivity index (χ3v) is 5.87. The van der Waals surface area contributed by atoms with Crippen molar-refractivity contribution in [2.75, 3.05) is 31.1 Å². The van der Waals surface area contributed by atoms with Crippen LogP contribution in [0.5, 0.6) is 0 Å². The van der Waals surface area contributed by atoms with Gasteiger partial charge in [0.05, 0.1) is 11.3 Å². The lowest BCUT2D eigenvalue weighted by Crippen LogP contribution is -2.48. The predicted molar refractivity (Wildman–Crippen MR) is 127 cm³/mol. The lowest BCUT2D eigenvalue weighted by atomic mass is 10.1. The van der Waals surface area contributed by atoms with Crippen LogP contribution in [0, 0.1) is 10.1 Å². The van der Waals surface area contributed by atoms with Gasteiger partial charge in [-0.2, -0.15) is 0 Å². The first kappa shape index (κ1) is 23.0. The number of aromatic nitrogens is 2. The van der Waals surface area contributed by atoms with Crippen LogP contribution in [0.4, 0.5) is 11.4 Å². The molecule has 2 heterocycles. The predicted octanol–water partition coefficient (Wildman–Crippen LogP) is 2.44. The summed E-state index contributed by atoms with van der Waals surface area (Å²) in [5, 5.41) is 14.6. The number of rotatable bonds is 7. The summed E-state index contributed by atoms with van der Waals surface area (Å²) in [6.07, 6.45) is 5.35. The van der Waals surface area contributed by atoms with Gasteiger partial charge in [0.25, 0.3) is 11.6 Å². The summed E-state index contributed by atoms with van der Waals surface area (Å²) < 4.78 is 1.96. The highest BCUT2D eigenvalue weighted by atomic mass is 16.6. The summed E-state index contributed by atoms with van der Waals surface area (Å²) in [5.74, 6) is -0.385. The van der Waals surface area contributed by atoms with Crippen LogP contribution in [0.25, 0.3) is 0 Å². The van der Waals surface area contributed by atoms with Gasteiger partial charge in [-0.3, -0.25) is 19.7 Å². The normalized spacial score (nSPS) is 13.6. The summed E-state index contributed by atoms with van der Waals surface area (Å²) in [6, 6.07) is 12.4. The van der Waals surface area contributed by atoms with E-state index >= 15 is 0 Å². The number of nitro benzene ring substituents is 1. The van der Waals surface area contributed by atoms with Crippen molar-refractivity contribution >= 4 is 23.2 Å². The van der Waals surface area contributed by atoms with Crippen LogP contribution in [-0.4, -0.2) is 57.4 Å². The van der Waals surface area contributed by atoms with E-state index in [9.17, 15) is 19.7 Å². The highest BCUT2D eigenvalue weighted by Crippen LogP contribution is 2.30. The second-order valence-electron chi connectivity index (χ2n) is 8.19. The van der Waals surface area contributed by atoms with Crippen LogP contribution in [0.3, 0.4) is 0 Å². The van der Waals surface area contributed by atoms with E-state index in [4.69, 9.17) is 0 Å². The van der Waals surface area contributed by atoms with Crippen LogP contribution in [0.1, 0.15) is 28.4 Å². The number of amides is 2. The maximum atomic E-state index is 12.7. The molecule has 0 atom stereocenters. The van der Waals surface area contributed by atoms with Gasteiger partial charge in [0, 0.05) is 70.2 Å². The fourth-order valence-corrected chi connectivity index (χ4v) is 4.05. The Hall–Kier alpha value is -4.21. The SMILES string of the molecule is CC(=O)N1CCN(c2ccc(C(=O)NCc3cccc(Cn4ccnc4)c3)cc2[N+](=O)[O-])CC1. The van der Waals surface area contributed by atoms with E-state index in [1.165, 1.54) is 13.0 Å². The molecule has 3 aromatic rings. The number of carbonyl (C=O) groups is 2. The van der Waals surface area contributed by atoms with Gasteiger partial charge < -0.3 is 19.7 Å². The van der Waals surface area contributed by atoms with Gasteiger partial charge in [0.15, 0.2) is 0 Å². The number of nitro groups is 1. The quantitative estimate of drug-likeness (QED) is 0.426. The molecule has 10 heteroatoms. The molecule has 1 N–H and O–H groups in total. The van der Waals surface area contributed by atoms with Gasteiger partial charge in [0.2, 0.25) is 5.91 Å². The van der Waals surface area contributed by atoms with E-state index in [1.54, 1.807) is 29.6 Å². The number of hydrogen-bond acceptors (Lipinski definition) is 6. The molecule has 1 aliphatic rings. The van der Waals surface area contributed by atoms with Crippen molar-refractivity contribution in [3.05, 3.63) is 88.0 Å². The van der Waals surface area contributed by atoms with E-state index < -0.39 is 4.92 Å². The summed E-state index contributed by atoms with van der Waals surface area (Å²) in [5.41, 5.74) is 2.57. The molecule has 0 aliphatic carbocycles. The topological polar surface area (TPSA) is 114 Å². The smallest absolute Gasteiger partial charge is 0.293 e. The maximum Gasteiger partial charge on any atom is 0.293 e. The number of hydrogen-bond donors (Lipinski definition) is 1. The average Bonchev–Trinajstić information content (AvgIpc) is 3.35. The molecular formula is C24H26N6O4. The molecule has 1 saturated heterocycles. The maximum absolute atomic E-state index is 12.7. The van der Waals surface area contributed by atoms with Crippen molar-refractivity contribution in [1.29, 1.82) is 0 Å². The van der Waals surface area contributed by atoms with Gasteiger partial charge in [-0.1, -0.05) is 24.3 Å². The molecule has 0 unspecified atom stereocenters. The van der Waals surface area contributed by atoms with E-state index in [-0.39, 0.29) is 23.1 Å². The van der Waals surface area contributed by atoms with Crippen LogP contribution >= 0.6 is 0 Å². The molecule has 34 heavy (non-hydrogen) atoms. The lowest BCUT2D eigenvalue weighted by Gasteiger charge is -2.35. The fourth-order valence-electron chi connectivity index (χ4n) is 4.05. The highest BCUT2D eigenvalue weighted by Gasteiger charge is 2.25. The molecule has 0 radical (unpaired) electrons. The first-order valence-corrected chi connectivity index (χ1v) is 11.0. The summed E-state index contributed by atoms with van der Waals surface area (Å²) >= 11 is 0. The molecule has 2 amide bonds. The van der Waals surface area contributed by atoms with Gasteiger partial charge in [-0.25, -0.2) is 4.98 Å². The Morgan fingerprint density at radius 3 is 2.53 bits per heavy atom. The molecule has 2 aromatic carbocycles. The molecule has 0 saturated carbocycles. The number of carbonyl (C=O) groups excluding carboxylic acids is 2. The van der Waals surface area contributed by atoms with Crippen LogP contribution in [-0.2, 0) is 17.9 Å². The molecule has 1 aliphatic heterocycles. The van der Waals surface area contributed by atoms with Gasteiger partial charge in [0.1, 0.15) is 5.69 Å². The van der Waals surface area contributed by atoms with E-state index in [1.807, 2.05) is 39.9 Å². The van der Waals surface area contributed by atoms with Crippen LogP contribution in [0.2, 0.25) is 0 Å². The zero-order valence-electron chi connectivity index (χ0n) is 18.9. The van der Waals surface area contributed by atoms with Crippen molar-refractivity contribution in [1.82, 2.24) is 19.8 Å². The van der Waals surface area contributed by atoms with E-state index in [0.29, 0.717) is 45.0 Å². The molecule has 10 nitrogen and oxygen atoms in total. The third kappa shape index (κ3) is 5.40. The first-order chi connectivity index (χ1) is 16.4. The summed E-state index contributed by atoms with van der Waals surface area (Å²) in [4.78, 5) is 43.2. The number of nitrogens with one attached hydrogen (secondary N) is 1. The highest BCUT2D eigenvalue weighted by molar-refractivity contribution is 5.95. The minimum atomic E-state index is -0.469. The fraction of sp³-hybridized carbons (Fsp3) is 0.292. The Bertz CT molecular complexity index is 1190. The van der Waals surface area contributed by atoms with Crippen molar-refractivity contribution in [2.24, 2.45) is 0 Å². The largest absolute Gasteiger partial charge is 0.362 e. The minimum Gasteiger partial charge on any atom is -0.362 e. The Morgan fingerprint density at radius 1 is 1.09 bits per heavy atom. The standard InChI is InChI=1S/C24H26N6O4/c1-18(31)28-9-11-29(12-10-28)22-6-5-21(14-23(22)30(33)34)24(32)26-15-19-3-2-4-20(13-19)16-27-8-7-25-17-27/h2-8,13-14,17H,9-12,15-16H2,1H3,(H,26,32). The lowest BCUT2D eigenvalue weighted by molar-refractivity contribution is -0.384. The zero-order valence-corrected chi connectivity index (χ0v) is 18.9. The number of imidazole rings is 1. The Kier molecular flexibility index (Phi) is 6.86. The molecule has 176 valence electrons. The van der Waals surface area contributed by atoms with E-state index in [0.717, 1.165) is 11.1 Å². The van der Waals surface area contributed by atoms with Gasteiger partial charge in [-0.15, -0.1) is 0 Å². The van der Waals surface area contributed by atoms with Crippen LogP contribution < -0.4 is 10.2 Å². The number of anilines is 1. The molecule has 0 bridgehead atoms.